The molecule has 0 fully saturated rings. The third kappa shape index (κ3) is 4.79. The molecule has 0 radical (unpaired) electrons. The molecule has 3 N–H and O–H groups in total. The zero-order valence-electron chi connectivity index (χ0n) is 15.7. The molecule has 0 aliphatic heterocycles. The lowest BCUT2D eigenvalue weighted by atomic mass is 10.3. The lowest BCUT2D eigenvalue weighted by Crippen LogP contribution is -2.23. The van der Waals surface area contributed by atoms with E-state index in [-0.39, 0.29) is 5.82 Å². The number of nitrogens with one attached hydrogen (secondary N) is 1. The summed E-state index contributed by atoms with van der Waals surface area (Å²) in [4.78, 5) is 4.32. The van der Waals surface area contributed by atoms with Gasteiger partial charge in [0.2, 0.25) is 0 Å². The summed E-state index contributed by atoms with van der Waals surface area (Å²) in [5.74, 6) is 1.26. The molecule has 1 aromatic heterocycles. The minimum absolute atomic E-state index is 0.275. The number of aromatic nitrogens is 2. The number of nitrogens with two attached hydrogens (primary N) is 1. The van der Waals surface area contributed by atoms with E-state index in [0.717, 1.165) is 17.1 Å². The third-order valence-corrected chi connectivity index (χ3v) is 4.04. The Balaban J connectivity index is 1.56. The summed E-state index contributed by atoms with van der Waals surface area (Å²) in [7, 11) is 3.16. The van der Waals surface area contributed by atoms with Gasteiger partial charge in [-0.05, 0) is 42.5 Å². The van der Waals surface area contributed by atoms with Crippen molar-refractivity contribution in [3.05, 3.63) is 66.2 Å². The summed E-state index contributed by atoms with van der Waals surface area (Å²) < 4.78 is 25.2. The van der Waals surface area contributed by atoms with Gasteiger partial charge in [-0.1, -0.05) is 0 Å². The molecule has 8 heteroatoms. The van der Waals surface area contributed by atoms with Crippen LogP contribution < -0.4 is 20.5 Å². The Morgan fingerprint density at radius 1 is 1.11 bits per heavy atom. The Hall–Kier alpha value is -3.55. The van der Waals surface area contributed by atoms with E-state index in [1.807, 2.05) is 18.3 Å². The number of anilines is 1. The SMILES string of the molecule is COc1ccc(NC(N)=NCCc2ccn(-c3ccc(F)cc3)n2)cc1OC. The van der Waals surface area contributed by atoms with Gasteiger partial charge in [0, 0.05) is 30.9 Å². The Morgan fingerprint density at radius 2 is 1.86 bits per heavy atom. The fraction of sp³-hybridized carbons (Fsp3) is 0.200. The van der Waals surface area contributed by atoms with Crippen LogP contribution in [-0.4, -0.2) is 36.5 Å². The molecule has 0 amide bonds. The molecule has 1 heterocycles. The van der Waals surface area contributed by atoms with Crippen LogP contribution in [0.25, 0.3) is 5.69 Å². The van der Waals surface area contributed by atoms with Gasteiger partial charge in [0.15, 0.2) is 17.5 Å². The molecule has 3 rings (SSSR count). The largest absolute Gasteiger partial charge is 0.493 e. The zero-order chi connectivity index (χ0) is 19.9. The average Bonchev–Trinajstić information content (AvgIpc) is 3.17. The number of rotatable bonds is 7. The maximum Gasteiger partial charge on any atom is 0.193 e. The molecule has 0 aliphatic rings. The highest BCUT2D eigenvalue weighted by molar-refractivity contribution is 5.92. The predicted molar refractivity (Wildman–Crippen MR) is 107 cm³/mol. The minimum atomic E-state index is -0.275. The van der Waals surface area contributed by atoms with Crippen molar-refractivity contribution in [2.45, 2.75) is 6.42 Å². The van der Waals surface area contributed by atoms with E-state index in [9.17, 15) is 4.39 Å². The second-order valence-electron chi connectivity index (χ2n) is 5.94. The van der Waals surface area contributed by atoms with Gasteiger partial charge in [0.05, 0.1) is 25.6 Å². The van der Waals surface area contributed by atoms with Crippen molar-refractivity contribution in [1.82, 2.24) is 9.78 Å². The van der Waals surface area contributed by atoms with Gasteiger partial charge in [-0.3, -0.25) is 4.99 Å². The number of halogens is 1. The molecule has 0 spiro atoms. The van der Waals surface area contributed by atoms with E-state index >= 15 is 0 Å². The number of nitrogens with zero attached hydrogens (tertiary/aromatic N) is 3. The third-order valence-electron chi connectivity index (χ3n) is 4.04. The van der Waals surface area contributed by atoms with Gasteiger partial charge >= 0.3 is 0 Å². The second kappa shape index (κ2) is 8.90. The molecular formula is C20H22FN5O2. The molecule has 28 heavy (non-hydrogen) atoms. The number of hydrogen-bond donors (Lipinski definition) is 2. The van der Waals surface area contributed by atoms with Crippen molar-refractivity contribution in [3.63, 3.8) is 0 Å². The predicted octanol–water partition coefficient (Wildman–Crippen LogP) is 3.00. The fourth-order valence-corrected chi connectivity index (χ4v) is 2.62. The van der Waals surface area contributed by atoms with E-state index in [1.54, 1.807) is 43.2 Å². The number of hydrogen-bond acceptors (Lipinski definition) is 4. The monoisotopic (exact) mass is 383 g/mol. The molecule has 0 saturated heterocycles. The molecule has 0 atom stereocenters. The summed E-state index contributed by atoms with van der Waals surface area (Å²) in [6.07, 6.45) is 2.46. The van der Waals surface area contributed by atoms with Crippen LogP contribution in [0.4, 0.5) is 10.1 Å². The van der Waals surface area contributed by atoms with E-state index in [0.29, 0.717) is 30.4 Å². The first kappa shape index (κ1) is 19.2. The van der Waals surface area contributed by atoms with Crippen molar-refractivity contribution in [2.24, 2.45) is 10.7 Å². The van der Waals surface area contributed by atoms with Gasteiger partial charge in [0.25, 0.3) is 0 Å². The maximum absolute atomic E-state index is 13.0. The summed E-state index contributed by atoms with van der Waals surface area (Å²) in [5.41, 5.74) is 8.36. The van der Waals surface area contributed by atoms with Crippen molar-refractivity contribution in [2.75, 3.05) is 26.1 Å². The zero-order valence-corrected chi connectivity index (χ0v) is 15.7. The van der Waals surface area contributed by atoms with E-state index in [1.165, 1.54) is 12.1 Å². The molecule has 3 aromatic rings. The number of guanidine groups is 1. The van der Waals surface area contributed by atoms with Crippen molar-refractivity contribution in [3.8, 4) is 17.2 Å². The van der Waals surface area contributed by atoms with Crippen LogP contribution in [0.15, 0.2) is 59.7 Å². The van der Waals surface area contributed by atoms with Crippen molar-refractivity contribution >= 4 is 11.6 Å². The van der Waals surface area contributed by atoms with Gasteiger partial charge in [-0.15, -0.1) is 0 Å². The van der Waals surface area contributed by atoms with Crippen molar-refractivity contribution in [1.29, 1.82) is 0 Å². The summed E-state index contributed by atoms with van der Waals surface area (Å²) in [5, 5.41) is 7.49. The normalized spacial score (nSPS) is 11.3. The Bertz CT molecular complexity index is 953. The van der Waals surface area contributed by atoms with Gasteiger partial charge in [0.1, 0.15) is 5.82 Å². The summed E-state index contributed by atoms with van der Waals surface area (Å²) in [6, 6.07) is 13.5. The number of aliphatic imine (C=N–C) groups is 1. The standard InChI is InChI=1S/C20H22FN5O2/c1-27-18-8-5-16(13-19(18)28-2)24-20(22)23-11-9-15-10-12-26(25-15)17-6-3-14(21)4-7-17/h3-8,10,12-13H,9,11H2,1-2H3,(H3,22,23,24). The van der Waals surface area contributed by atoms with Crippen LogP contribution in [0.2, 0.25) is 0 Å². The second-order valence-corrected chi connectivity index (χ2v) is 5.94. The molecule has 146 valence electrons. The smallest absolute Gasteiger partial charge is 0.193 e. The fourth-order valence-electron chi connectivity index (χ4n) is 2.62. The first-order valence-electron chi connectivity index (χ1n) is 8.68. The van der Waals surface area contributed by atoms with Gasteiger partial charge in [-0.25, -0.2) is 9.07 Å². The lowest BCUT2D eigenvalue weighted by molar-refractivity contribution is 0.355. The molecular weight excluding hydrogens is 361 g/mol. The van der Waals surface area contributed by atoms with Crippen LogP contribution in [0.3, 0.4) is 0 Å². The van der Waals surface area contributed by atoms with Crippen LogP contribution in [0.1, 0.15) is 5.69 Å². The highest BCUT2D eigenvalue weighted by Crippen LogP contribution is 2.29. The number of ether oxygens (including phenoxy) is 2. The molecule has 0 aliphatic carbocycles. The number of methoxy groups -OCH3 is 2. The van der Waals surface area contributed by atoms with Crippen LogP contribution in [-0.2, 0) is 6.42 Å². The highest BCUT2D eigenvalue weighted by atomic mass is 19.1. The van der Waals surface area contributed by atoms with Crippen LogP contribution >= 0.6 is 0 Å². The molecule has 0 bridgehead atoms. The Morgan fingerprint density at radius 3 is 2.57 bits per heavy atom. The first-order valence-corrected chi connectivity index (χ1v) is 8.68. The Kier molecular flexibility index (Phi) is 6.11. The highest BCUT2D eigenvalue weighted by Gasteiger charge is 2.05. The first-order chi connectivity index (χ1) is 13.6. The number of benzene rings is 2. The average molecular weight is 383 g/mol. The quantitative estimate of drug-likeness (QED) is 0.484. The molecule has 0 unspecified atom stereocenters. The van der Waals surface area contributed by atoms with Crippen LogP contribution in [0.5, 0.6) is 11.5 Å². The van der Waals surface area contributed by atoms with E-state index < -0.39 is 0 Å². The van der Waals surface area contributed by atoms with E-state index in [4.69, 9.17) is 15.2 Å². The lowest BCUT2D eigenvalue weighted by Gasteiger charge is -2.10. The molecule has 7 nitrogen and oxygen atoms in total. The molecule has 2 aromatic carbocycles. The van der Waals surface area contributed by atoms with Gasteiger partial charge in [-0.2, -0.15) is 5.10 Å². The van der Waals surface area contributed by atoms with Crippen molar-refractivity contribution < 1.29 is 13.9 Å². The van der Waals surface area contributed by atoms with E-state index in [2.05, 4.69) is 15.4 Å². The summed E-state index contributed by atoms with van der Waals surface area (Å²) >= 11 is 0. The Labute approximate surface area is 162 Å². The maximum atomic E-state index is 13.0. The van der Waals surface area contributed by atoms with Crippen LogP contribution in [0, 0.1) is 5.82 Å². The minimum Gasteiger partial charge on any atom is -0.493 e. The summed E-state index contributed by atoms with van der Waals surface area (Å²) in [6.45, 7) is 0.479. The van der Waals surface area contributed by atoms with Gasteiger partial charge < -0.3 is 20.5 Å². The molecule has 0 saturated carbocycles. The topological polar surface area (TPSA) is 86.7 Å².